The van der Waals surface area contributed by atoms with Crippen LogP contribution in [-0.4, -0.2) is 24.7 Å². The van der Waals surface area contributed by atoms with Gasteiger partial charge in [0.2, 0.25) is 0 Å². The highest BCUT2D eigenvalue weighted by Crippen LogP contribution is 2.20. The Kier molecular flexibility index (Phi) is 2.78. The van der Waals surface area contributed by atoms with Gasteiger partial charge in [-0.15, -0.1) is 0 Å². The lowest BCUT2D eigenvalue weighted by Gasteiger charge is -2.08. The Morgan fingerprint density at radius 1 is 1.31 bits per heavy atom. The van der Waals surface area contributed by atoms with Crippen molar-refractivity contribution in [3.63, 3.8) is 0 Å². The van der Waals surface area contributed by atoms with Crippen LogP contribution >= 0.6 is 0 Å². The molecule has 0 amide bonds. The fraction of sp³-hybridized carbons (Fsp3) is 0.455. The molecular weight excluding hydrogens is 204 g/mol. The monoisotopic (exact) mass is 220 g/mol. The molecule has 0 bridgehead atoms. The number of aliphatic hydroxyl groups excluding tert-OH is 1. The molecule has 5 nitrogen and oxygen atoms in total. The minimum Gasteiger partial charge on any atom is -0.388 e. The highest BCUT2D eigenvalue weighted by Gasteiger charge is 2.14. The van der Waals surface area contributed by atoms with Gasteiger partial charge >= 0.3 is 0 Å². The van der Waals surface area contributed by atoms with Crippen LogP contribution in [0.4, 0.5) is 0 Å². The van der Waals surface area contributed by atoms with E-state index >= 15 is 0 Å². The van der Waals surface area contributed by atoms with Crippen LogP contribution in [0.1, 0.15) is 22.9 Å². The average molecular weight is 220 g/mol. The fourth-order valence-corrected chi connectivity index (χ4v) is 1.75. The largest absolute Gasteiger partial charge is 0.388 e. The molecule has 1 unspecified atom stereocenters. The first kappa shape index (κ1) is 10.9. The van der Waals surface area contributed by atoms with E-state index < -0.39 is 6.10 Å². The molecule has 2 heterocycles. The molecule has 16 heavy (non-hydrogen) atoms. The zero-order valence-electron chi connectivity index (χ0n) is 9.75. The van der Waals surface area contributed by atoms with E-state index in [-0.39, 0.29) is 0 Å². The van der Waals surface area contributed by atoms with Gasteiger partial charge in [0.05, 0.1) is 18.5 Å². The lowest BCUT2D eigenvalue weighted by atomic mass is 10.0. The zero-order chi connectivity index (χ0) is 11.7. The van der Waals surface area contributed by atoms with Gasteiger partial charge < -0.3 is 5.11 Å². The molecule has 2 rings (SSSR count). The third-order valence-corrected chi connectivity index (χ3v) is 2.82. The van der Waals surface area contributed by atoms with Crippen LogP contribution in [0, 0.1) is 6.92 Å². The second kappa shape index (κ2) is 4.09. The number of hydrogen-bond donors (Lipinski definition) is 1. The molecule has 0 aliphatic carbocycles. The topological polar surface area (TPSA) is 55.9 Å². The number of rotatable bonds is 3. The minimum atomic E-state index is -0.516. The van der Waals surface area contributed by atoms with Crippen molar-refractivity contribution in [3.05, 3.63) is 35.4 Å². The molecule has 0 saturated carbocycles. The van der Waals surface area contributed by atoms with Crippen molar-refractivity contribution in [3.8, 4) is 0 Å². The van der Waals surface area contributed by atoms with Gasteiger partial charge in [-0.2, -0.15) is 10.2 Å². The number of aliphatic hydroxyl groups is 1. The highest BCUT2D eigenvalue weighted by molar-refractivity contribution is 5.21. The molecule has 0 aromatic carbocycles. The van der Waals surface area contributed by atoms with Gasteiger partial charge in [0.15, 0.2) is 0 Å². The first-order chi connectivity index (χ1) is 7.58. The lowest BCUT2D eigenvalue weighted by Crippen LogP contribution is -2.03. The van der Waals surface area contributed by atoms with Crippen molar-refractivity contribution >= 4 is 0 Å². The van der Waals surface area contributed by atoms with Crippen molar-refractivity contribution in [2.75, 3.05) is 0 Å². The van der Waals surface area contributed by atoms with E-state index in [9.17, 15) is 5.11 Å². The number of aryl methyl sites for hydroxylation is 2. The molecule has 5 heteroatoms. The Balaban J connectivity index is 2.14. The molecule has 1 atom stereocenters. The van der Waals surface area contributed by atoms with E-state index in [2.05, 4.69) is 10.2 Å². The second-order valence-electron chi connectivity index (χ2n) is 4.05. The molecule has 2 aromatic heterocycles. The van der Waals surface area contributed by atoms with Crippen LogP contribution in [-0.2, 0) is 20.5 Å². The Morgan fingerprint density at radius 2 is 2.06 bits per heavy atom. The van der Waals surface area contributed by atoms with Gasteiger partial charge in [-0.25, -0.2) is 0 Å². The molecule has 0 aliphatic rings. The van der Waals surface area contributed by atoms with E-state index in [1.807, 2.05) is 27.2 Å². The van der Waals surface area contributed by atoms with Crippen molar-refractivity contribution in [2.45, 2.75) is 19.4 Å². The molecule has 86 valence electrons. The lowest BCUT2D eigenvalue weighted by molar-refractivity contribution is 0.177. The van der Waals surface area contributed by atoms with Gasteiger partial charge in [0.25, 0.3) is 0 Å². The summed E-state index contributed by atoms with van der Waals surface area (Å²) in [5.74, 6) is 0. The third kappa shape index (κ3) is 1.99. The van der Waals surface area contributed by atoms with Crippen molar-refractivity contribution < 1.29 is 5.11 Å². The molecule has 0 saturated heterocycles. The summed E-state index contributed by atoms with van der Waals surface area (Å²) in [5, 5.41) is 18.3. The van der Waals surface area contributed by atoms with Gasteiger partial charge in [-0.3, -0.25) is 9.36 Å². The zero-order valence-corrected chi connectivity index (χ0v) is 9.75. The second-order valence-corrected chi connectivity index (χ2v) is 4.05. The SMILES string of the molecule is Cc1c(C(O)Cc2cnn(C)c2)cnn1C. The Hall–Kier alpha value is -1.62. The fourth-order valence-electron chi connectivity index (χ4n) is 1.75. The Morgan fingerprint density at radius 3 is 2.56 bits per heavy atom. The summed E-state index contributed by atoms with van der Waals surface area (Å²) in [6.07, 6.45) is 5.46. The van der Waals surface area contributed by atoms with E-state index in [4.69, 9.17) is 0 Å². The Labute approximate surface area is 94.3 Å². The highest BCUT2D eigenvalue weighted by atomic mass is 16.3. The van der Waals surface area contributed by atoms with Crippen LogP contribution in [0.3, 0.4) is 0 Å². The molecule has 0 radical (unpaired) electrons. The summed E-state index contributed by atoms with van der Waals surface area (Å²) in [6.45, 7) is 1.95. The quantitative estimate of drug-likeness (QED) is 0.830. The maximum absolute atomic E-state index is 10.1. The average Bonchev–Trinajstić information content (AvgIpc) is 2.76. The van der Waals surface area contributed by atoms with Gasteiger partial charge in [-0.1, -0.05) is 0 Å². The summed E-state index contributed by atoms with van der Waals surface area (Å²) >= 11 is 0. The van der Waals surface area contributed by atoms with Crippen LogP contribution < -0.4 is 0 Å². The van der Waals surface area contributed by atoms with Gasteiger partial charge in [0, 0.05) is 38.0 Å². The van der Waals surface area contributed by atoms with Crippen LogP contribution in [0.25, 0.3) is 0 Å². The summed E-state index contributed by atoms with van der Waals surface area (Å²) in [4.78, 5) is 0. The smallest absolute Gasteiger partial charge is 0.0864 e. The van der Waals surface area contributed by atoms with Crippen LogP contribution in [0.2, 0.25) is 0 Å². The van der Waals surface area contributed by atoms with Gasteiger partial charge in [0.1, 0.15) is 0 Å². The first-order valence-corrected chi connectivity index (χ1v) is 5.22. The van der Waals surface area contributed by atoms with E-state index in [1.165, 1.54) is 0 Å². The normalized spacial score (nSPS) is 13.0. The third-order valence-electron chi connectivity index (χ3n) is 2.82. The van der Waals surface area contributed by atoms with E-state index in [1.54, 1.807) is 21.8 Å². The van der Waals surface area contributed by atoms with Crippen LogP contribution in [0.15, 0.2) is 18.6 Å². The van der Waals surface area contributed by atoms with Crippen LogP contribution in [0.5, 0.6) is 0 Å². The molecule has 0 spiro atoms. The van der Waals surface area contributed by atoms with E-state index in [0.29, 0.717) is 6.42 Å². The summed E-state index contributed by atoms with van der Waals surface area (Å²) < 4.78 is 3.50. The van der Waals surface area contributed by atoms with E-state index in [0.717, 1.165) is 16.8 Å². The summed E-state index contributed by atoms with van der Waals surface area (Å²) in [5.41, 5.74) is 2.90. The first-order valence-electron chi connectivity index (χ1n) is 5.22. The predicted octanol–water partition coefficient (Wildman–Crippen LogP) is 0.738. The number of aromatic nitrogens is 4. The standard InChI is InChI=1S/C11H16N4O/c1-8-10(6-13-15(8)3)11(16)4-9-5-12-14(2)7-9/h5-7,11,16H,4H2,1-3H3. The van der Waals surface area contributed by atoms with Gasteiger partial charge in [-0.05, 0) is 12.5 Å². The molecule has 0 fully saturated rings. The van der Waals surface area contributed by atoms with Crippen molar-refractivity contribution in [1.29, 1.82) is 0 Å². The predicted molar refractivity (Wildman–Crippen MR) is 59.8 cm³/mol. The molecule has 1 N–H and O–H groups in total. The summed E-state index contributed by atoms with van der Waals surface area (Å²) in [6, 6.07) is 0. The molecule has 2 aromatic rings. The molecular formula is C11H16N4O. The maximum Gasteiger partial charge on any atom is 0.0864 e. The number of nitrogens with zero attached hydrogens (tertiary/aromatic N) is 4. The van der Waals surface area contributed by atoms with Crippen molar-refractivity contribution in [2.24, 2.45) is 14.1 Å². The maximum atomic E-state index is 10.1. The molecule has 0 aliphatic heterocycles. The van der Waals surface area contributed by atoms with Crippen molar-refractivity contribution in [1.82, 2.24) is 19.6 Å². The minimum absolute atomic E-state index is 0.516. The summed E-state index contributed by atoms with van der Waals surface area (Å²) in [7, 11) is 3.74. The number of hydrogen-bond acceptors (Lipinski definition) is 3. The Bertz CT molecular complexity index is 486.